The van der Waals surface area contributed by atoms with Crippen molar-refractivity contribution < 1.29 is 19.1 Å². The predicted octanol–water partition coefficient (Wildman–Crippen LogP) is 3.15. The first kappa shape index (κ1) is 15.7. The Balaban J connectivity index is 1.85. The molecule has 0 radical (unpaired) electrons. The summed E-state index contributed by atoms with van der Waals surface area (Å²) in [6.45, 7) is 2.07. The van der Waals surface area contributed by atoms with Crippen LogP contribution in [0.2, 0.25) is 0 Å². The molecule has 0 bridgehead atoms. The van der Waals surface area contributed by atoms with E-state index in [0.717, 1.165) is 47.5 Å². The van der Waals surface area contributed by atoms with E-state index in [9.17, 15) is 9.59 Å². The molecule has 0 fully saturated rings. The molecule has 1 amide bonds. The maximum absolute atomic E-state index is 12.6. The number of nitrogens with zero attached hydrogens (tertiary/aromatic N) is 2. The average Bonchev–Trinajstić information content (AvgIpc) is 3.19. The van der Waals surface area contributed by atoms with Gasteiger partial charge in [-0.15, -0.1) is 11.3 Å². The summed E-state index contributed by atoms with van der Waals surface area (Å²) in [6.07, 6.45) is 4.81. The lowest BCUT2D eigenvalue weighted by Gasteiger charge is -2.30. The van der Waals surface area contributed by atoms with Crippen molar-refractivity contribution in [3.8, 4) is 0 Å². The quantitative estimate of drug-likeness (QED) is 0.928. The number of carboxylic acids is 1. The number of rotatable bonds is 4. The Morgan fingerprint density at radius 1 is 1.52 bits per heavy atom. The number of carbonyl (C=O) groups excluding carboxylic acids is 1. The number of fused-ring (bicyclic) bond motifs is 1. The summed E-state index contributed by atoms with van der Waals surface area (Å²) in [6, 6.07) is 1.25. The molecule has 23 heavy (non-hydrogen) atoms. The molecule has 1 N–H and O–H groups in total. The number of furan rings is 1. The average molecular weight is 334 g/mol. The van der Waals surface area contributed by atoms with Crippen LogP contribution in [0.25, 0.3) is 0 Å². The van der Waals surface area contributed by atoms with Gasteiger partial charge in [0, 0.05) is 13.1 Å². The molecule has 0 aliphatic heterocycles. The molecule has 0 saturated heterocycles. The molecule has 6 nitrogen and oxygen atoms in total. The van der Waals surface area contributed by atoms with Crippen molar-refractivity contribution in [3.05, 3.63) is 39.2 Å². The molecular formula is C16H18N2O4S. The van der Waals surface area contributed by atoms with E-state index in [1.54, 1.807) is 23.3 Å². The van der Waals surface area contributed by atoms with E-state index < -0.39 is 5.97 Å². The maximum atomic E-state index is 12.6. The summed E-state index contributed by atoms with van der Waals surface area (Å²) in [5.41, 5.74) is 1.07. The molecule has 2 heterocycles. The zero-order chi connectivity index (χ0) is 16.6. The number of thiazole rings is 1. The van der Waals surface area contributed by atoms with Crippen molar-refractivity contribution in [1.29, 1.82) is 0 Å². The highest BCUT2D eigenvalue weighted by Crippen LogP contribution is 2.38. The van der Waals surface area contributed by atoms with Gasteiger partial charge in [0.05, 0.1) is 27.2 Å². The Labute approximate surface area is 137 Å². The number of hydrogen-bond acceptors (Lipinski definition) is 5. The number of amides is 1. The molecule has 2 aromatic heterocycles. The molecule has 3 rings (SSSR count). The molecule has 0 aromatic carbocycles. The van der Waals surface area contributed by atoms with Crippen LogP contribution in [-0.2, 0) is 12.8 Å². The first-order valence-corrected chi connectivity index (χ1v) is 8.40. The van der Waals surface area contributed by atoms with Crippen molar-refractivity contribution >= 4 is 23.2 Å². The third kappa shape index (κ3) is 2.88. The van der Waals surface area contributed by atoms with Crippen molar-refractivity contribution in [3.63, 3.8) is 0 Å². The van der Waals surface area contributed by atoms with Gasteiger partial charge in [0.2, 0.25) is 0 Å². The lowest BCUT2D eigenvalue weighted by atomic mass is 9.97. The molecule has 0 saturated carbocycles. The molecule has 1 aliphatic rings. The first-order valence-electron chi connectivity index (χ1n) is 7.58. The molecule has 1 atom stereocenters. The second-order valence-electron chi connectivity index (χ2n) is 5.60. The van der Waals surface area contributed by atoms with E-state index in [1.165, 1.54) is 6.07 Å². The van der Waals surface area contributed by atoms with Crippen LogP contribution in [0, 0.1) is 0 Å². The minimum absolute atomic E-state index is 0.0165. The number of carbonyl (C=O) groups is 2. The third-order valence-corrected chi connectivity index (χ3v) is 5.46. The van der Waals surface area contributed by atoms with Gasteiger partial charge in [-0.05, 0) is 25.7 Å². The Bertz CT molecular complexity index is 749. The number of aromatic nitrogens is 1. The van der Waals surface area contributed by atoms with Crippen LogP contribution in [0.3, 0.4) is 0 Å². The maximum Gasteiger partial charge on any atom is 0.338 e. The highest BCUT2D eigenvalue weighted by Gasteiger charge is 2.31. The van der Waals surface area contributed by atoms with Gasteiger partial charge in [0.1, 0.15) is 6.26 Å². The lowest BCUT2D eigenvalue weighted by Crippen LogP contribution is -2.32. The summed E-state index contributed by atoms with van der Waals surface area (Å²) in [5.74, 6) is -1.36. The molecule has 0 spiro atoms. The van der Waals surface area contributed by atoms with Crippen LogP contribution < -0.4 is 0 Å². The molecule has 122 valence electrons. The summed E-state index contributed by atoms with van der Waals surface area (Å²) in [7, 11) is 1.73. The molecule has 7 heteroatoms. The second-order valence-corrected chi connectivity index (χ2v) is 6.72. The van der Waals surface area contributed by atoms with Crippen LogP contribution >= 0.6 is 11.3 Å². The second kappa shape index (κ2) is 6.16. The fourth-order valence-corrected chi connectivity index (χ4v) is 4.08. The van der Waals surface area contributed by atoms with Crippen LogP contribution in [-0.4, -0.2) is 33.9 Å². The first-order chi connectivity index (χ1) is 11.0. The summed E-state index contributed by atoms with van der Waals surface area (Å²) in [4.78, 5) is 30.9. The fraction of sp³-hybridized carbons (Fsp3) is 0.438. The molecule has 2 aromatic rings. The smallest absolute Gasteiger partial charge is 0.338 e. The van der Waals surface area contributed by atoms with Crippen LogP contribution in [0.15, 0.2) is 16.7 Å². The van der Waals surface area contributed by atoms with E-state index >= 15 is 0 Å². The van der Waals surface area contributed by atoms with Gasteiger partial charge in [-0.2, -0.15) is 0 Å². The van der Waals surface area contributed by atoms with Crippen LogP contribution in [0.5, 0.6) is 0 Å². The highest BCUT2D eigenvalue weighted by molar-refractivity contribution is 7.11. The normalized spacial score (nSPS) is 16.9. The Hall–Kier alpha value is -2.15. The van der Waals surface area contributed by atoms with Crippen molar-refractivity contribution in [2.45, 2.75) is 38.6 Å². The van der Waals surface area contributed by atoms with Gasteiger partial charge >= 0.3 is 5.97 Å². The minimum atomic E-state index is -1.11. The van der Waals surface area contributed by atoms with E-state index in [0.29, 0.717) is 0 Å². The van der Waals surface area contributed by atoms with Crippen molar-refractivity contribution in [1.82, 2.24) is 9.88 Å². The zero-order valence-corrected chi connectivity index (χ0v) is 13.9. The van der Waals surface area contributed by atoms with E-state index in [1.807, 2.05) is 0 Å². The van der Waals surface area contributed by atoms with Crippen LogP contribution in [0.1, 0.15) is 62.3 Å². The number of hydrogen-bond donors (Lipinski definition) is 1. The topological polar surface area (TPSA) is 83.6 Å². The van der Waals surface area contributed by atoms with E-state index in [4.69, 9.17) is 9.52 Å². The van der Waals surface area contributed by atoms with Gasteiger partial charge in [0.25, 0.3) is 5.91 Å². The summed E-state index contributed by atoms with van der Waals surface area (Å²) in [5, 5.41) is 10.0. The Morgan fingerprint density at radius 3 is 2.96 bits per heavy atom. The van der Waals surface area contributed by atoms with Crippen LogP contribution in [0.4, 0.5) is 0 Å². The van der Waals surface area contributed by atoms with E-state index in [2.05, 4.69) is 11.9 Å². The van der Waals surface area contributed by atoms with Crippen molar-refractivity contribution in [2.75, 3.05) is 7.05 Å². The van der Waals surface area contributed by atoms with Gasteiger partial charge in [-0.25, -0.2) is 9.78 Å². The van der Waals surface area contributed by atoms with Gasteiger partial charge in [-0.1, -0.05) is 6.92 Å². The number of aryl methyl sites for hydroxylation is 2. The van der Waals surface area contributed by atoms with Gasteiger partial charge in [0.15, 0.2) is 5.76 Å². The van der Waals surface area contributed by atoms with Gasteiger partial charge in [-0.3, -0.25) is 4.79 Å². The number of aromatic carboxylic acids is 1. The Kier molecular flexibility index (Phi) is 4.21. The third-order valence-electron chi connectivity index (χ3n) is 4.11. The largest absolute Gasteiger partial charge is 0.478 e. The summed E-state index contributed by atoms with van der Waals surface area (Å²) < 4.78 is 5.13. The fourth-order valence-electron chi connectivity index (χ4n) is 2.84. The number of carboxylic acid groups (broad SMARTS) is 1. The van der Waals surface area contributed by atoms with Gasteiger partial charge < -0.3 is 14.4 Å². The highest BCUT2D eigenvalue weighted by atomic mass is 32.1. The minimum Gasteiger partial charge on any atom is -0.478 e. The van der Waals surface area contributed by atoms with E-state index in [-0.39, 0.29) is 23.3 Å². The summed E-state index contributed by atoms with van der Waals surface area (Å²) >= 11 is 1.66. The Morgan fingerprint density at radius 2 is 2.30 bits per heavy atom. The molecule has 0 unspecified atom stereocenters. The zero-order valence-electron chi connectivity index (χ0n) is 13.0. The molecular weight excluding hydrogens is 316 g/mol. The predicted molar refractivity (Wildman–Crippen MR) is 84.9 cm³/mol. The standard InChI is InChI=1S/C16H18N2O4S/c1-3-13-17-10-5-4-6-11(14(10)23-13)18(2)15(19)12-7-9(8-22-12)16(20)21/h7-8,11H,3-6H2,1-2H3,(H,20,21)/t11-/m0/s1. The van der Waals surface area contributed by atoms with Crippen molar-refractivity contribution in [2.24, 2.45) is 0 Å². The SMILES string of the molecule is CCc1nc2c(s1)[C@@H](N(C)C(=O)c1cc(C(=O)O)co1)CCC2. The monoisotopic (exact) mass is 334 g/mol. The molecule has 1 aliphatic carbocycles. The lowest BCUT2D eigenvalue weighted by molar-refractivity contribution is 0.0681.